The van der Waals surface area contributed by atoms with Gasteiger partial charge in [-0.1, -0.05) is 41.9 Å². The summed E-state index contributed by atoms with van der Waals surface area (Å²) in [7, 11) is 0. The van der Waals surface area contributed by atoms with E-state index in [2.05, 4.69) is 10.3 Å². The number of carbonyl (C=O) groups excluding carboxylic acids is 1. The molecule has 0 atom stereocenters. The largest absolute Gasteiger partial charge is 0.490 e. The number of alkyl halides is 3. The van der Waals surface area contributed by atoms with E-state index in [9.17, 15) is 18.0 Å². The number of pyridine rings is 1. The highest BCUT2D eigenvalue weighted by Crippen LogP contribution is 2.33. The van der Waals surface area contributed by atoms with Gasteiger partial charge in [0.1, 0.15) is 5.75 Å². The first kappa shape index (κ1) is 24.1. The van der Waals surface area contributed by atoms with Gasteiger partial charge in [-0.3, -0.25) is 4.79 Å². The molecule has 1 amide bonds. The first-order valence-electron chi connectivity index (χ1n) is 10.3. The number of aliphatic carboxylic acids is 1. The Morgan fingerprint density at radius 3 is 2.49 bits per heavy atom. The lowest BCUT2D eigenvalue weighted by atomic mass is 10.1. The Kier molecular flexibility index (Phi) is 6.65. The van der Waals surface area contributed by atoms with Crippen molar-refractivity contribution in [1.29, 1.82) is 0 Å². The Labute approximate surface area is 201 Å². The number of hydrogen-bond acceptors (Lipinski definition) is 4. The third-order valence-corrected chi connectivity index (χ3v) is 5.40. The maximum atomic E-state index is 12.1. The van der Waals surface area contributed by atoms with Crippen molar-refractivity contribution in [2.24, 2.45) is 0 Å². The molecule has 3 N–H and O–H groups in total. The molecule has 0 radical (unpaired) electrons. The van der Waals surface area contributed by atoms with Crippen LogP contribution in [0.15, 0.2) is 60.7 Å². The molecule has 7 nitrogen and oxygen atoms in total. The fourth-order valence-electron chi connectivity index (χ4n) is 3.48. The van der Waals surface area contributed by atoms with E-state index in [0.29, 0.717) is 28.8 Å². The highest BCUT2D eigenvalue weighted by atomic mass is 35.5. The van der Waals surface area contributed by atoms with Gasteiger partial charge in [0.25, 0.3) is 5.91 Å². The van der Waals surface area contributed by atoms with Gasteiger partial charge in [-0.05, 0) is 24.3 Å². The number of ether oxygens (including phenoxy) is 1. The molecule has 0 bridgehead atoms. The minimum absolute atomic E-state index is 0.0420. The first-order chi connectivity index (χ1) is 16.6. The molecule has 1 aliphatic heterocycles. The topological polar surface area (TPSA) is 104 Å². The van der Waals surface area contributed by atoms with Crippen LogP contribution in [-0.2, 0) is 11.2 Å². The Morgan fingerprint density at radius 1 is 1.06 bits per heavy atom. The zero-order valence-corrected chi connectivity index (χ0v) is 18.6. The highest BCUT2D eigenvalue weighted by molar-refractivity contribution is 6.32. The van der Waals surface area contributed by atoms with E-state index in [1.807, 2.05) is 48.5 Å². The number of hydrogen-bond donors (Lipinski definition) is 3. The van der Waals surface area contributed by atoms with Gasteiger partial charge in [0.2, 0.25) is 5.88 Å². The van der Waals surface area contributed by atoms with Crippen molar-refractivity contribution in [2.75, 3.05) is 6.54 Å². The van der Waals surface area contributed by atoms with Gasteiger partial charge in [-0.2, -0.15) is 13.2 Å². The summed E-state index contributed by atoms with van der Waals surface area (Å²) in [6.45, 7) is 0.648. The van der Waals surface area contributed by atoms with E-state index >= 15 is 0 Å². The minimum atomic E-state index is -5.08. The summed E-state index contributed by atoms with van der Waals surface area (Å²) in [6, 6.07) is 18.9. The van der Waals surface area contributed by atoms with Crippen molar-refractivity contribution in [1.82, 2.24) is 15.3 Å². The van der Waals surface area contributed by atoms with Crippen molar-refractivity contribution < 1.29 is 32.6 Å². The zero-order chi connectivity index (χ0) is 25.2. The van der Waals surface area contributed by atoms with Gasteiger partial charge in [-0.25, -0.2) is 9.78 Å². The van der Waals surface area contributed by atoms with Crippen LogP contribution < -0.4 is 10.1 Å². The number of para-hydroxylation sites is 2. The number of nitrogens with one attached hydrogen (secondary N) is 2. The number of carbonyl (C=O) groups is 2. The number of H-pyrrole nitrogens is 1. The van der Waals surface area contributed by atoms with Crippen LogP contribution in [0.2, 0.25) is 5.02 Å². The zero-order valence-electron chi connectivity index (χ0n) is 17.8. The molecule has 180 valence electrons. The molecule has 1 aliphatic rings. The van der Waals surface area contributed by atoms with E-state index in [0.717, 1.165) is 34.3 Å². The number of halogens is 4. The van der Waals surface area contributed by atoms with Crippen LogP contribution >= 0.6 is 11.6 Å². The summed E-state index contributed by atoms with van der Waals surface area (Å²) in [4.78, 5) is 29.1. The second-order valence-electron chi connectivity index (χ2n) is 7.44. The van der Waals surface area contributed by atoms with Crippen molar-refractivity contribution in [3.8, 4) is 22.9 Å². The van der Waals surface area contributed by atoms with Crippen LogP contribution in [0.1, 0.15) is 16.1 Å². The van der Waals surface area contributed by atoms with E-state index in [-0.39, 0.29) is 5.91 Å². The van der Waals surface area contributed by atoms with Crippen molar-refractivity contribution in [3.63, 3.8) is 0 Å². The van der Waals surface area contributed by atoms with Crippen molar-refractivity contribution in [3.05, 3.63) is 76.9 Å². The van der Waals surface area contributed by atoms with Gasteiger partial charge < -0.3 is 20.1 Å². The molecule has 35 heavy (non-hydrogen) atoms. The van der Waals surface area contributed by atoms with Crippen LogP contribution in [0.4, 0.5) is 13.2 Å². The average Bonchev–Trinajstić information content (AvgIpc) is 3.25. The number of aromatic amines is 1. The summed E-state index contributed by atoms with van der Waals surface area (Å²) in [5.41, 5.74) is 4.24. The van der Waals surface area contributed by atoms with Crippen molar-refractivity contribution in [2.45, 2.75) is 12.6 Å². The highest BCUT2D eigenvalue weighted by Gasteiger charge is 2.38. The number of benzene rings is 2. The predicted octanol–water partition coefficient (Wildman–Crippen LogP) is 5.59. The quantitative estimate of drug-likeness (QED) is 0.338. The summed E-state index contributed by atoms with van der Waals surface area (Å²) >= 11 is 6.20. The lowest BCUT2D eigenvalue weighted by Gasteiger charge is -2.11. The number of carboxylic acid groups (broad SMARTS) is 1. The average molecular weight is 504 g/mol. The molecule has 5 rings (SSSR count). The number of aromatic nitrogens is 2. The number of rotatable bonds is 3. The third-order valence-electron chi connectivity index (χ3n) is 5.08. The smallest absolute Gasteiger partial charge is 0.475 e. The summed E-state index contributed by atoms with van der Waals surface area (Å²) in [5, 5.41) is 11.5. The number of nitrogens with zero attached hydrogens (tertiary/aromatic N) is 1. The maximum Gasteiger partial charge on any atom is 0.490 e. The van der Waals surface area contributed by atoms with Gasteiger partial charge in [0, 0.05) is 41.4 Å². The standard InChI is InChI=1S/C22H16ClN3O2.C2HF3O2/c23-16-6-1-2-7-19(16)28-20-9-8-13-4-3-5-14(21(13)26-20)18-12-15-17(25-18)10-11-24-22(15)27;3-2(4,5)1(6)7/h1-9,12,25H,10-11H2,(H,24,27);(H,6,7). The monoisotopic (exact) mass is 503 g/mol. The molecule has 2 aromatic carbocycles. The lowest BCUT2D eigenvalue weighted by molar-refractivity contribution is -0.192. The molecular formula is C24H17ClF3N3O4. The first-order valence-corrected chi connectivity index (χ1v) is 10.6. The molecule has 0 saturated heterocycles. The molecule has 3 heterocycles. The van der Waals surface area contributed by atoms with E-state index in [1.54, 1.807) is 12.1 Å². The fourth-order valence-corrected chi connectivity index (χ4v) is 3.66. The minimum Gasteiger partial charge on any atom is -0.475 e. The van der Waals surface area contributed by atoms with Crippen LogP contribution in [0, 0.1) is 0 Å². The molecule has 4 aromatic rings. The number of fused-ring (bicyclic) bond motifs is 2. The summed E-state index contributed by atoms with van der Waals surface area (Å²) in [6.07, 6.45) is -4.29. The second kappa shape index (κ2) is 9.67. The van der Waals surface area contributed by atoms with E-state index in [1.165, 1.54) is 0 Å². The Morgan fingerprint density at radius 2 is 1.80 bits per heavy atom. The van der Waals surface area contributed by atoms with Crippen LogP contribution in [0.25, 0.3) is 22.2 Å². The molecule has 0 spiro atoms. The van der Waals surface area contributed by atoms with Gasteiger partial charge in [0.05, 0.1) is 16.1 Å². The summed E-state index contributed by atoms with van der Waals surface area (Å²) in [5.74, 6) is -1.78. The third kappa shape index (κ3) is 5.38. The normalized spacial score (nSPS) is 12.9. The number of carboxylic acids is 1. The Balaban J connectivity index is 0.000000364. The summed E-state index contributed by atoms with van der Waals surface area (Å²) < 4.78 is 37.6. The molecule has 0 aliphatic carbocycles. The molecular weight excluding hydrogens is 487 g/mol. The van der Waals surface area contributed by atoms with Crippen LogP contribution in [0.3, 0.4) is 0 Å². The van der Waals surface area contributed by atoms with Gasteiger partial charge >= 0.3 is 12.1 Å². The van der Waals surface area contributed by atoms with Crippen LogP contribution in [-0.4, -0.2) is 39.7 Å². The number of amides is 1. The molecule has 2 aromatic heterocycles. The van der Waals surface area contributed by atoms with E-state index in [4.69, 9.17) is 31.2 Å². The molecule has 11 heteroatoms. The van der Waals surface area contributed by atoms with Crippen LogP contribution in [0.5, 0.6) is 11.6 Å². The maximum absolute atomic E-state index is 12.1. The molecule has 0 saturated carbocycles. The predicted molar refractivity (Wildman–Crippen MR) is 123 cm³/mol. The fraction of sp³-hybridized carbons (Fsp3) is 0.125. The second-order valence-corrected chi connectivity index (χ2v) is 7.85. The molecule has 0 fully saturated rings. The van der Waals surface area contributed by atoms with Crippen molar-refractivity contribution >= 4 is 34.4 Å². The SMILES string of the molecule is O=C(O)C(F)(F)F.O=C1NCCc2[nH]c(-c3cccc4ccc(Oc5ccccc5Cl)nc34)cc21. The Hall–Kier alpha value is -4.05. The van der Waals surface area contributed by atoms with Gasteiger partial charge in [0.15, 0.2) is 0 Å². The molecule has 0 unspecified atom stereocenters. The lowest BCUT2D eigenvalue weighted by Crippen LogP contribution is -2.31. The van der Waals surface area contributed by atoms with Gasteiger partial charge in [-0.15, -0.1) is 0 Å². The van der Waals surface area contributed by atoms with E-state index < -0.39 is 12.1 Å². The Bertz CT molecular complexity index is 1420.